The van der Waals surface area contributed by atoms with Crippen LogP contribution in [-0.4, -0.2) is 13.1 Å². The Labute approximate surface area is 109 Å². The van der Waals surface area contributed by atoms with Gasteiger partial charge in [0, 0.05) is 18.8 Å². The van der Waals surface area contributed by atoms with Crippen molar-refractivity contribution >= 4 is 5.69 Å². The molecule has 1 aliphatic carbocycles. The van der Waals surface area contributed by atoms with Gasteiger partial charge in [0.1, 0.15) is 5.82 Å². The Balaban J connectivity index is 1.73. The van der Waals surface area contributed by atoms with Gasteiger partial charge in [-0.3, -0.25) is 0 Å². The molecular weight excluding hydrogens is 225 g/mol. The summed E-state index contributed by atoms with van der Waals surface area (Å²) in [7, 11) is 0. The van der Waals surface area contributed by atoms with Gasteiger partial charge in [-0.15, -0.1) is 0 Å². The number of halogens is 1. The maximum absolute atomic E-state index is 13.4. The minimum atomic E-state index is -0.113. The first-order chi connectivity index (χ1) is 8.36. The highest BCUT2D eigenvalue weighted by Gasteiger charge is 2.59. The molecule has 18 heavy (non-hydrogen) atoms. The quantitative estimate of drug-likeness (QED) is 0.728. The lowest BCUT2D eigenvalue weighted by atomic mass is 9.87. The van der Waals surface area contributed by atoms with Gasteiger partial charge in [-0.05, 0) is 53.9 Å². The highest BCUT2D eigenvalue weighted by Crippen LogP contribution is 2.60. The Morgan fingerprint density at radius 1 is 1.11 bits per heavy atom. The van der Waals surface area contributed by atoms with E-state index < -0.39 is 0 Å². The molecule has 98 valence electrons. The number of hydrogen-bond donors (Lipinski definition) is 0. The van der Waals surface area contributed by atoms with Crippen molar-refractivity contribution in [3.8, 4) is 0 Å². The van der Waals surface area contributed by atoms with E-state index in [-0.39, 0.29) is 5.82 Å². The highest BCUT2D eigenvalue weighted by atomic mass is 19.1. The number of piperidine rings is 1. The standard InChI is InChI=1S/C16H22FN/c1-10-5-11(17)7-12(6-10)18-8-13-14(9-18)15(13)16(2,3)4/h5-7,13-15H,8-9H2,1-4H3. The van der Waals surface area contributed by atoms with Crippen molar-refractivity contribution < 1.29 is 4.39 Å². The number of benzene rings is 1. The number of nitrogens with zero attached hydrogens (tertiary/aromatic N) is 1. The van der Waals surface area contributed by atoms with E-state index in [1.165, 1.54) is 0 Å². The summed E-state index contributed by atoms with van der Waals surface area (Å²) in [6, 6.07) is 5.36. The second-order valence-electron chi connectivity index (χ2n) is 7.11. The number of rotatable bonds is 1. The average molecular weight is 247 g/mol. The minimum Gasteiger partial charge on any atom is -0.371 e. The molecule has 2 fully saturated rings. The van der Waals surface area contributed by atoms with Gasteiger partial charge in [-0.25, -0.2) is 4.39 Å². The zero-order valence-corrected chi connectivity index (χ0v) is 11.7. The van der Waals surface area contributed by atoms with Crippen molar-refractivity contribution in [1.82, 2.24) is 0 Å². The molecule has 2 unspecified atom stereocenters. The first-order valence-electron chi connectivity index (χ1n) is 6.88. The van der Waals surface area contributed by atoms with Crippen LogP contribution in [0.5, 0.6) is 0 Å². The van der Waals surface area contributed by atoms with Crippen LogP contribution in [0.25, 0.3) is 0 Å². The lowest BCUT2D eigenvalue weighted by Gasteiger charge is -2.27. The van der Waals surface area contributed by atoms with Gasteiger partial charge in [-0.2, -0.15) is 0 Å². The molecule has 0 N–H and O–H groups in total. The Kier molecular flexibility index (Phi) is 2.48. The summed E-state index contributed by atoms with van der Waals surface area (Å²) < 4.78 is 13.4. The van der Waals surface area contributed by atoms with E-state index in [0.29, 0.717) is 5.41 Å². The van der Waals surface area contributed by atoms with Gasteiger partial charge in [0.25, 0.3) is 0 Å². The summed E-state index contributed by atoms with van der Waals surface area (Å²) in [5.74, 6) is 2.41. The second kappa shape index (κ2) is 3.72. The Hall–Kier alpha value is -1.05. The number of anilines is 1. The van der Waals surface area contributed by atoms with Gasteiger partial charge < -0.3 is 4.90 Å². The molecule has 0 amide bonds. The molecule has 2 aliphatic rings. The third-order valence-corrected chi connectivity index (χ3v) is 4.59. The van der Waals surface area contributed by atoms with Gasteiger partial charge in [0.15, 0.2) is 0 Å². The van der Waals surface area contributed by atoms with E-state index in [0.717, 1.165) is 42.1 Å². The van der Waals surface area contributed by atoms with Crippen LogP contribution in [0, 0.1) is 35.9 Å². The largest absolute Gasteiger partial charge is 0.371 e. The maximum Gasteiger partial charge on any atom is 0.125 e. The first kappa shape index (κ1) is 12.0. The molecular formula is C16H22FN. The first-order valence-corrected chi connectivity index (χ1v) is 6.88. The van der Waals surface area contributed by atoms with E-state index in [1.807, 2.05) is 6.92 Å². The van der Waals surface area contributed by atoms with Crippen LogP contribution >= 0.6 is 0 Å². The van der Waals surface area contributed by atoms with E-state index >= 15 is 0 Å². The van der Waals surface area contributed by atoms with Crippen LogP contribution < -0.4 is 4.90 Å². The highest BCUT2D eigenvalue weighted by molar-refractivity contribution is 5.51. The fourth-order valence-corrected chi connectivity index (χ4v) is 3.92. The summed E-state index contributed by atoms with van der Waals surface area (Å²) >= 11 is 0. The third-order valence-electron chi connectivity index (χ3n) is 4.59. The molecule has 1 aromatic carbocycles. The molecule has 0 radical (unpaired) electrons. The molecule has 1 nitrogen and oxygen atoms in total. The van der Waals surface area contributed by atoms with Gasteiger partial charge >= 0.3 is 0 Å². The summed E-state index contributed by atoms with van der Waals surface area (Å²) in [4.78, 5) is 2.35. The lowest BCUT2D eigenvalue weighted by Crippen LogP contribution is -2.27. The fraction of sp³-hybridized carbons (Fsp3) is 0.625. The van der Waals surface area contributed by atoms with Crippen LogP contribution in [0.4, 0.5) is 10.1 Å². The van der Waals surface area contributed by atoms with Crippen molar-refractivity contribution in [2.75, 3.05) is 18.0 Å². The number of aryl methyl sites for hydroxylation is 1. The molecule has 1 saturated carbocycles. The zero-order chi connectivity index (χ0) is 13.1. The predicted octanol–water partition coefficient (Wildman–Crippen LogP) is 3.86. The Morgan fingerprint density at radius 2 is 1.72 bits per heavy atom. The van der Waals surface area contributed by atoms with Crippen molar-refractivity contribution in [2.45, 2.75) is 27.7 Å². The normalized spacial score (nSPS) is 30.5. The van der Waals surface area contributed by atoms with Crippen molar-refractivity contribution in [3.05, 3.63) is 29.6 Å². The van der Waals surface area contributed by atoms with E-state index in [2.05, 4.69) is 31.7 Å². The monoisotopic (exact) mass is 247 g/mol. The van der Waals surface area contributed by atoms with Crippen LogP contribution in [-0.2, 0) is 0 Å². The average Bonchev–Trinajstić information content (AvgIpc) is 2.75. The predicted molar refractivity (Wildman–Crippen MR) is 73.3 cm³/mol. The third kappa shape index (κ3) is 1.92. The Morgan fingerprint density at radius 3 is 2.22 bits per heavy atom. The van der Waals surface area contributed by atoms with E-state index in [4.69, 9.17) is 0 Å². The van der Waals surface area contributed by atoms with Gasteiger partial charge in [0.2, 0.25) is 0 Å². The molecule has 2 heteroatoms. The van der Waals surface area contributed by atoms with Crippen molar-refractivity contribution in [3.63, 3.8) is 0 Å². The molecule has 1 aliphatic heterocycles. The van der Waals surface area contributed by atoms with Crippen LogP contribution in [0.2, 0.25) is 0 Å². The zero-order valence-electron chi connectivity index (χ0n) is 11.7. The van der Waals surface area contributed by atoms with Crippen LogP contribution in [0.15, 0.2) is 18.2 Å². The van der Waals surface area contributed by atoms with Crippen LogP contribution in [0.3, 0.4) is 0 Å². The summed E-state index contributed by atoms with van der Waals surface area (Å²) in [6.07, 6.45) is 0. The Bertz CT molecular complexity index is 442. The molecule has 1 saturated heterocycles. The summed E-state index contributed by atoms with van der Waals surface area (Å²) in [5, 5.41) is 0. The van der Waals surface area contributed by atoms with Gasteiger partial charge in [0.05, 0.1) is 0 Å². The maximum atomic E-state index is 13.4. The molecule has 1 aromatic rings. The number of fused-ring (bicyclic) bond motifs is 1. The van der Waals surface area contributed by atoms with Crippen molar-refractivity contribution in [1.29, 1.82) is 0 Å². The fourth-order valence-electron chi connectivity index (χ4n) is 3.92. The molecule has 0 spiro atoms. The van der Waals surface area contributed by atoms with E-state index in [1.54, 1.807) is 12.1 Å². The smallest absolute Gasteiger partial charge is 0.125 e. The molecule has 3 rings (SSSR count). The molecule has 0 aromatic heterocycles. The topological polar surface area (TPSA) is 3.24 Å². The molecule has 2 atom stereocenters. The second-order valence-corrected chi connectivity index (χ2v) is 7.11. The van der Waals surface area contributed by atoms with Crippen LogP contribution in [0.1, 0.15) is 26.3 Å². The van der Waals surface area contributed by atoms with Gasteiger partial charge in [-0.1, -0.05) is 20.8 Å². The number of hydrogen-bond acceptors (Lipinski definition) is 1. The summed E-state index contributed by atoms with van der Waals surface area (Å²) in [6.45, 7) is 11.2. The molecule has 1 heterocycles. The van der Waals surface area contributed by atoms with Crippen molar-refractivity contribution in [2.24, 2.45) is 23.2 Å². The minimum absolute atomic E-state index is 0.113. The molecule has 0 bridgehead atoms. The summed E-state index contributed by atoms with van der Waals surface area (Å²) in [5.41, 5.74) is 2.50. The van der Waals surface area contributed by atoms with E-state index in [9.17, 15) is 4.39 Å². The SMILES string of the molecule is Cc1cc(F)cc(N2CC3C(C2)C3C(C)(C)C)c1. The lowest BCUT2D eigenvalue weighted by molar-refractivity contribution is 0.309.